The Bertz CT molecular complexity index is 847. The standard InChI is InChI=1S/C17H16N4O/c1-11-5-7-12(8-6-11)14-3-2-4-15-18-17(20-21(14)15)19-16(22)13-9-10-13/h2-8,13H,9-10H2,1H3,(H,19,20,22). The minimum Gasteiger partial charge on any atom is -0.293 e. The van der Waals surface area contributed by atoms with E-state index in [4.69, 9.17) is 0 Å². The third-order valence-electron chi connectivity index (χ3n) is 3.89. The van der Waals surface area contributed by atoms with Gasteiger partial charge in [-0.2, -0.15) is 4.98 Å². The van der Waals surface area contributed by atoms with Crippen LogP contribution in [0.3, 0.4) is 0 Å². The van der Waals surface area contributed by atoms with E-state index in [1.165, 1.54) is 5.56 Å². The fraction of sp³-hybridized carbons (Fsp3) is 0.235. The van der Waals surface area contributed by atoms with Crippen LogP contribution in [0.4, 0.5) is 5.95 Å². The topological polar surface area (TPSA) is 59.3 Å². The van der Waals surface area contributed by atoms with Gasteiger partial charge in [0.15, 0.2) is 5.65 Å². The SMILES string of the molecule is Cc1ccc(-c2cccc3nc(NC(=O)C4CC4)nn23)cc1. The Kier molecular flexibility index (Phi) is 2.92. The number of carbonyl (C=O) groups is 1. The Morgan fingerprint density at radius 3 is 2.68 bits per heavy atom. The molecule has 1 amide bonds. The van der Waals surface area contributed by atoms with E-state index in [2.05, 4.69) is 46.6 Å². The second-order valence-corrected chi connectivity index (χ2v) is 5.75. The lowest BCUT2D eigenvalue weighted by molar-refractivity contribution is -0.117. The maximum atomic E-state index is 11.8. The molecule has 0 bridgehead atoms. The monoisotopic (exact) mass is 292 g/mol. The molecule has 1 aliphatic rings. The van der Waals surface area contributed by atoms with E-state index in [9.17, 15) is 4.79 Å². The molecule has 2 heterocycles. The molecular formula is C17H16N4O. The summed E-state index contributed by atoms with van der Waals surface area (Å²) in [6.45, 7) is 2.06. The molecule has 110 valence electrons. The molecule has 4 rings (SSSR count). The predicted molar refractivity (Wildman–Crippen MR) is 84.5 cm³/mol. The van der Waals surface area contributed by atoms with Crippen molar-refractivity contribution < 1.29 is 4.79 Å². The number of hydrogen-bond donors (Lipinski definition) is 1. The van der Waals surface area contributed by atoms with E-state index in [0.29, 0.717) is 5.95 Å². The lowest BCUT2D eigenvalue weighted by Gasteiger charge is -2.04. The van der Waals surface area contributed by atoms with E-state index in [1.54, 1.807) is 4.52 Å². The smallest absolute Gasteiger partial charge is 0.249 e. The molecule has 0 aliphatic heterocycles. The Hall–Kier alpha value is -2.69. The zero-order valence-corrected chi connectivity index (χ0v) is 12.3. The number of pyridine rings is 1. The summed E-state index contributed by atoms with van der Waals surface area (Å²) >= 11 is 0. The van der Waals surface area contributed by atoms with Crippen LogP contribution in [0.2, 0.25) is 0 Å². The van der Waals surface area contributed by atoms with Gasteiger partial charge < -0.3 is 0 Å². The molecule has 1 aromatic carbocycles. The van der Waals surface area contributed by atoms with Gasteiger partial charge in [-0.15, -0.1) is 5.10 Å². The van der Waals surface area contributed by atoms with Gasteiger partial charge in [-0.05, 0) is 31.9 Å². The minimum absolute atomic E-state index is 0.0211. The van der Waals surface area contributed by atoms with E-state index < -0.39 is 0 Å². The van der Waals surface area contributed by atoms with E-state index >= 15 is 0 Å². The molecule has 0 atom stereocenters. The lowest BCUT2D eigenvalue weighted by atomic mass is 10.1. The van der Waals surface area contributed by atoms with Crippen LogP contribution in [0.25, 0.3) is 16.9 Å². The van der Waals surface area contributed by atoms with Crippen LogP contribution in [-0.4, -0.2) is 20.5 Å². The van der Waals surface area contributed by atoms with Crippen molar-refractivity contribution in [1.29, 1.82) is 0 Å². The van der Waals surface area contributed by atoms with Crippen LogP contribution in [0.1, 0.15) is 18.4 Å². The van der Waals surface area contributed by atoms with Gasteiger partial charge in [0.1, 0.15) is 0 Å². The number of fused-ring (bicyclic) bond motifs is 1. The molecule has 1 saturated carbocycles. The number of aryl methyl sites for hydroxylation is 1. The number of anilines is 1. The fourth-order valence-electron chi connectivity index (χ4n) is 2.46. The highest BCUT2D eigenvalue weighted by molar-refractivity contribution is 5.92. The molecule has 22 heavy (non-hydrogen) atoms. The number of carbonyl (C=O) groups excluding carboxylic acids is 1. The number of rotatable bonds is 3. The average molecular weight is 292 g/mol. The number of aromatic nitrogens is 3. The van der Waals surface area contributed by atoms with E-state index in [1.807, 2.05) is 18.2 Å². The van der Waals surface area contributed by atoms with Crippen molar-refractivity contribution in [3.63, 3.8) is 0 Å². The van der Waals surface area contributed by atoms with Crippen molar-refractivity contribution in [1.82, 2.24) is 14.6 Å². The molecule has 3 aromatic rings. The third kappa shape index (κ3) is 2.35. The molecule has 1 fully saturated rings. The summed E-state index contributed by atoms with van der Waals surface area (Å²) in [5, 5.41) is 7.23. The maximum absolute atomic E-state index is 11.8. The van der Waals surface area contributed by atoms with Gasteiger partial charge >= 0.3 is 0 Å². The zero-order valence-electron chi connectivity index (χ0n) is 12.3. The third-order valence-corrected chi connectivity index (χ3v) is 3.89. The molecule has 5 nitrogen and oxygen atoms in total. The first-order valence-electron chi connectivity index (χ1n) is 7.44. The van der Waals surface area contributed by atoms with Crippen molar-refractivity contribution in [3.05, 3.63) is 48.0 Å². The molecule has 1 aliphatic carbocycles. The first-order chi connectivity index (χ1) is 10.7. The summed E-state index contributed by atoms with van der Waals surface area (Å²) in [7, 11) is 0. The van der Waals surface area contributed by atoms with Gasteiger partial charge in [-0.1, -0.05) is 35.9 Å². The Balaban J connectivity index is 1.74. The number of nitrogens with one attached hydrogen (secondary N) is 1. The number of amides is 1. The molecule has 2 aromatic heterocycles. The molecule has 0 saturated heterocycles. The highest BCUT2D eigenvalue weighted by Crippen LogP contribution is 2.30. The van der Waals surface area contributed by atoms with Gasteiger partial charge in [0.05, 0.1) is 5.69 Å². The molecule has 5 heteroatoms. The van der Waals surface area contributed by atoms with Gasteiger partial charge in [0.25, 0.3) is 0 Å². The van der Waals surface area contributed by atoms with Gasteiger partial charge in [-0.25, -0.2) is 4.52 Å². The predicted octanol–water partition coefficient (Wildman–Crippen LogP) is 3.05. The summed E-state index contributed by atoms with van der Waals surface area (Å²) in [6.07, 6.45) is 1.93. The first-order valence-corrected chi connectivity index (χ1v) is 7.44. The highest BCUT2D eigenvalue weighted by Gasteiger charge is 2.30. The number of hydrogen-bond acceptors (Lipinski definition) is 3. The van der Waals surface area contributed by atoms with Crippen LogP contribution < -0.4 is 5.32 Å². The largest absolute Gasteiger partial charge is 0.293 e. The molecule has 0 radical (unpaired) electrons. The van der Waals surface area contributed by atoms with Crippen molar-refractivity contribution in [2.45, 2.75) is 19.8 Å². The van der Waals surface area contributed by atoms with Crippen molar-refractivity contribution in [3.8, 4) is 11.3 Å². The Labute approximate surface area is 128 Å². The number of nitrogens with zero attached hydrogens (tertiary/aromatic N) is 3. The summed E-state index contributed by atoms with van der Waals surface area (Å²) in [5.74, 6) is 0.535. The zero-order chi connectivity index (χ0) is 15.1. The summed E-state index contributed by atoms with van der Waals surface area (Å²) in [5.41, 5.74) is 3.97. The molecule has 0 unspecified atom stereocenters. The Morgan fingerprint density at radius 2 is 1.95 bits per heavy atom. The lowest BCUT2D eigenvalue weighted by Crippen LogP contribution is -2.14. The quantitative estimate of drug-likeness (QED) is 0.807. The van der Waals surface area contributed by atoms with E-state index in [0.717, 1.165) is 29.7 Å². The Morgan fingerprint density at radius 1 is 1.18 bits per heavy atom. The average Bonchev–Trinajstić information content (AvgIpc) is 3.28. The van der Waals surface area contributed by atoms with Crippen LogP contribution in [-0.2, 0) is 4.79 Å². The summed E-state index contributed by atoms with van der Waals surface area (Å²) < 4.78 is 1.77. The second-order valence-electron chi connectivity index (χ2n) is 5.75. The minimum atomic E-state index is 0.0211. The second kappa shape index (κ2) is 4.94. The van der Waals surface area contributed by atoms with Gasteiger partial charge in [-0.3, -0.25) is 10.1 Å². The number of benzene rings is 1. The maximum Gasteiger partial charge on any atom is 0.249 e. The van der Waals surface area contributed by atoms with Crippen molar-refractivity contribution in [2.24, 2.45) is 5.92 Å². The molecule has 1 N–H and O–H groups in total. The van der Waals surface area contributed by atoms with E-state index in [-0.39, 0.29) is 11.8 Å². The van der Waals surface area contributed by atoms with Crippen LogP contribution in [0.15, 0.2) is 42.5 Å². The molecular weight excluding hydrogens is 276 g/mol. The van der Waals surface area contributed by atoms with Gasteiger partial charge in [0, 0.05) is 11.5 Å². The van der Waals surface area contributed by atoms with Crippen LogP contribution in [0.5, 0.6) is 0 Å². The highest BCUT2D eigenvalue weighted by atomic mass is 16.2. The fourth-order valence-corrected chi connectivity index (χ4v) is 2.46. The summed E-state index contributed by atoms with van der Waals surface area (Å²) in [6, 6.07) is 14.1. The van der Waals surface area contributed by atoms with Crippen molar-refractivity contribution in [2.75, 3.05) is 5.32 Å². The normalized spacial score (nSPS) is 14.2. The summed E-state index contributed by atoms with van der Waals surface area (Å²) in [4.78, 5) is 16.2. The van der Waals surface area contributed by atoms with Crippen LogP contribution in [0, 0.1) is 12.8 Å². The molecule has 0 spiro atoms. The van der Waals surface area contributed by atoms with Crippen LogP contribution >= 0.6 is 0 Å². The van der Waals surface area contributed by atoms with Crippen molar-refractivity contribution >= 4 is 17.5 Å². The van der Waals surface area contributed by atoms with Gasteiger partial charge in [0.2, 0.25) is 11.9 Å². The first kappa shape index (κ1) is 13.0.